The molecule has 0 rings (SSSR count). The van der Waals surface area contributed by atoms with E-state index in [0.29, 0.717) is 0 Å². The minimum atomic E-state index is -1.02. The summed E-state index contributed by atoms with van der Waals surface area (Å²) in [4.78, 5) is 32.3. The van der Waals surface area contributed by atoms with Gasteiger partial charge in [-0.05, 0) is 6.92 Å². The Hall–Kier alpha value is -1.59. The maximum Gasteiger partial charge on any atom is 0.396 e. The van der Waals surface area contributed by atoms with Gasteiger partial charge < -0.3 is 15.4 Å². The van der Waals surface area contributed by atoms with Crippen LogP contribution in [0.5, 0.6) is 0 Å². The van der Waals surface area contributed by atoms with Crippen molar-refractivity contribution in [2.45, 2.75) is 13.0 Å². The van der Waals surface area contributed by atoms with Gasteiger partial charge in [0.15, 0.2) is 0 Å². The van der Waals surface area contributed by atoms with Crippen LogP contribution in [0.25, 0.3) is 0 Å². The van der Waals surface area contributed by atoms with Crippen LogP contribution in [0.1, 0.15) is 6.92 Å². The molecule has 0 bridgehead atoms. The molecule has 0 saturated carbocycles. The zero-order valence-electron chi connectivity index (χ0n) is 7.71. The number of carbonyl (C=O) groups is 3. The van der Waals surface area contributed by atoms with Crippen LogP contribution < -0.4 is 10.6 Å². The molecule has 0 aliphatic carbocycles. The first kappa shape index (κ1) is 11.4. The van der Waals surface area contributed by atoms with Crippen LogP contribution in [-0.4, -0.2) is 38.0 Å². The van der Waals surface area contributed by atoms with Gasteiger partial charge in [0.1, 0.15) is 6.04 Å². The second kappa shape index (κ2) is 5.13. The van der Waals surface area contributed by atoms with Crippen molar-refractivity contribution in [2.24, 2.45) is 0 Å². The van der Waals surface area contributed by atoms with Crippen molar-refractivity contribution in [1.82, 2.24) is 10.6 Å². The van der Waals surface area contributed by atoms with E-state index in [1.807, 2.05) is 0 Å². The summed E-state index contributed by atoms with van der Waals surface area (Å²) in [6.07, 6.45) is 0. The van der Waals surface area contributed by atoms with Crippen LogP contribution in [0.3, 0.4) is 0 Å². The lowest BCUT2D eigenvalue weighted by atomic mass is 10.3. The first-order valence-corrected chi connectivity index (χ1v) is 3.63. The lowest BCUT2D eigenvalue weighted by molar-refractivity contribution is -0.153. The smallest absolute Gasteiger partial charge is 0.396 e. The summed E-state index contributed by atoms with van der Waals surface area (Å²) < 4.78 is 4.14. The molecule has 13 heavy (non-hydrogen) atoms. The SMILES string of the molecule is CNC(=O)C(C)NC(=O)C(=O)OC. The fraction of sp³-hybridized carbons (Fsp3) is 0.571. The Labute approximate surface area is 75.6 Å². The number of esters is 1. The van der Waals surface area contributed by atoms with Crippen molar-refractivity contribution in [3.63, 3.8) is 0 Å². The second-order valence-corrected chi connectivity index (χ2v) is 2.30. The number of hydrogen-bond acceptors (Lipinski definition) is 4. The molecule has 0 aliphatic rings. The van der Waals surface area contributed by atoms with Crippen molar-refractivity contribution in [3.8, 4) is 0 Å². The molecular weight excluding hydrogens is 176 g/mol. The highest BCUT2D eigenvalue weighted by Crippen LogP contribution is 1.82. The minimum Gasteiger partial charge on any atom is -0.462 e. The number of rotatable bonds is 2. The number of amides is 2. The number of carbonyl (C=O) groups excluding carboxylic acids is 3. The van der Waals surface area contributed by atoms with E-state index in [4.69, 9.17) is 0 Å². The highest BCUT2D eigenvalue weighted by molar-refractivity contribution is 6.32. The average Bonchev–Trinajstić information content (AvgIpc) is 2.14. The molecule has 2 N–H and O–H groups in total. The highest BCUT2D eigenvalue weighted by atomic mass is 16.5. The van der Waals surface area contributed by atoms with Crippen LogP contribution in [0.15, 0.2) is 0 Å². The van der Waals surface area contributed by atoms with Gasteiger partial charge in [-0.2, -0.15) is 0 Å². The van der Waals surface area contributed by atoms with Crippen LogP contribution in [-0.2, 0) is 19.1 Å². The zero-order chi connectivity index (χ0) is 10.4. The Morgan fingerprint density at radius 1 is 1.31 bits per heavy atom. The lowest BCUT2D eigenvalue weighted by Gasteiger charge is -2.10. The summed E-state index contributed by atoms with van der Waals surface area (Å²) in [5.41, 5.74) is 0. The first-order valence-electron chi connectivity index (χ1n) is 3.63. The van der Waals surface area contributed by atoms with Crippen molar-refractivity contribution in [3.05, 3.63) is 0 Å². The van der Waals surface area contributed by atoms with E-state index in [0.717, 1.165) is 7.11 Å². The fourth-order valence-electron chi connectivity index (χ4n) is 0.630. The molecule has 0 aromatic rings. The van der Waals surface area contributed by atoms with E-state index in [-0.39, 0.29) is 5.91 Å². The third-order valence-electron chi connectivity index (χ3n) is 1.36. The Morgan fingerprint density at radius 3 is 2.23 bits per heavy atom. The molecule has 0 aromatic carbocycles. The quantitative estimate of drug-likeness (QED) is 0.404. The highest BCUT2D eigenvalue weighted by Gasteiger charge is 2.19. The number of hydrogen-bond donors (Lipinski definition) is 2. The van der Waals surface area contributed by atoms with Crippen molar-refractivity contribution >= 4 is 17.8 Å². The Kier molecular flexibility index (Phi) is 4.50. The molecule has 0 spiro atoms. The molecule has 1 unspecified atom stereocenters. The number of nitrogens with one attached hydrogen (secondary N) is 2. The maximum absolute atomic E-state index is 10.9. The molecule has 0 aromatic heterocycles. The van der Waals surface area contributed by atoms with Gasteiger partial charge >= 0.3 is 11.9 Å². The molecule has 0 radical (unpaired) electrons. The Morgan fingerprint density at radius 2 is 1.85 bits per heavy atom. The zero-order valence-corrected chi connectivity index (χ0v) is 7.71. The summed E-state index contributed by atoms with van der Waals surface area (Å²) >= 11 is 0. The van der Waals surface area contributed by atoms with E-state index in [2.05, 4.69) is 15.4 Å². The average molecular weight is 188 g/mol. The van der Waals surface area contributed by atoms with E-state index in [1.165, 1.54) is 14.0 Å². The normalized spacial score (nSPS) is 11.3. The molecular formula is C7H12N2O4. The van der Waals surface area contributed by atoms with Crippen LogP contribution in [0.4, 0.5) is 0 Å². The summed E-state index contributed by atoms with van der Waals surface area (Å²) in [7, 11) is 2.52. The molecule has 6 heteroatoms. The summed E-state index contributed by atoms with van der Waals surface area (Å²) in [6.45, 7) is 1.46. The number of methoxy groups -OCH3 is 1. The molecule has 0 aliphatic heterocycles. The summed E-state index contributed by atoms with van der Waals surface area (Å²) in [5, 5.41) is 4.48. The van der Waals surface area contributed by atoms with Gasteiger partial charge in [0.25, 0.3) is 0 Å². The van der Waals surface area contributed by atoms with Gasteiger partial charge in [-0.1, -0.05) is 0 Å². The molecule has 2 amide bonds. The third kappa shape index (κ3) is 3.55. The van der Waals surface area contributed by atoms with Crippen molar-refractivity contribution < 1.29 is 19.1 Å². The van der Waals surface area contributed by atoms with Gasteiger partial charge in [0.2, 0.25) is 5.91 Å². The van der Waals surface area contributed by atoms with Gasteiger partial charge in [-0.15, -0.1) is 0 Å². The predicted octanol–water partition coefficient (Wildman–Crippen LogP) is -1.59. The lowest BCUT2D eigenvalue weighted by Crippen LogP contribution is -2.46. The monoisotopic (exact) mass is 188 g/mol. The molecule has 0 fully saturated rings. The van der Waals surface area contributed by atoms with Crippen LogP contribution in [0.2, 0.25) is 0 Å². The molecule has 1 atom stereocenters. The maximum atomic E-state index is 10.9. The number of likely N-dealkylation sites (N-methyl/N-ethyl adjacent to an activating group) is 1. The Balaban J connectivity index is 4.06. The van der Waals surface area contributed by atoms with E-state index >= 15 is 0 Å². The fourth-order valence-corrected chi connectivity index (χ4v) is 0.630. The number of ether oxygens (including phenoxy) is 1. The van der Waals surface area contributed by atoms with Gasteiger partial charge in [-0.3, -0.25) is 9.59 Å². The van der Waals surface area contributed by atoms with E-state index in [1.54, 1.807) is 0 Å². The van der Waals surface area contributed by atoms with E-state index < -0.39 is 17.9 Å². The molecule has 6 nitrogen and oxygen atoms in total. The molecule has 74 valence electrons. The van der Waals surface area contributed by atoms with Gasteiger partial charge in [-0.25, -0.2) is 4.79 Å². The van der Waals surface area contributed by atoms with Crippen molar-refractivity contribution in [1.29, 1.82) is 0 Å². The minimum absolute atomic E-state index is 0.378. The van der Waals surface area contributed by atoms with Gasteiger partial charge in [0, 0.05) is 7.05 Å². The van der Waals surface area contributed by atoms with Crippen molar-refractivity contribution in [2.75, 3.05) is 14.2 Å². The van der Waals surface area contributed by atoms with E-state index in [9.17, 15) is 14.4 Å². The molecule has 0 saturated heterocycles. The second-order valence-electron chi connectivity index (χ2n) is 2.30. The standard InChI is InChI=1S/C7H12N2O4/c1-4(5(10)8-2)9-6(11)7(12)13-3/h4H,1-3H3,(H,8,10)(H,9,11). The summed E-state index contributed by atoms with van der Waals surface area (Å²) in [5.74, 6) is -2.33. The topological polar surface area (TPSA) is 84.5 Å². The predicted molar refractivity (Wildman–Crippen MR) is 43.7 cm³/mol. The summed E-state index contributed by atoms with van der Waals surface area (Å²) in [6, 6.07) is -0.753. The van der Waals surface area contributed by atoms with Crippen LogP contribution in [0, 0.1) is 0 Å². The third-order valence-corrected chi connectivity index (χ3v) is 1.36. The van der Waals surface area contributed by atoms with Gasteiger partial charge in [0.05, 0.1) is 7.11 Å². The largest absolute Gasteiger partial charge is 0.462 e. The van der Waals surface area contributed by atoms with Crippen LogP contribution >= 0.6 is 0 Å². The Bertz CT molecular complexity index is 227. The molecule has 0 heterocycles. The first-order chi connectivity index (χ1) is 6.02.